The van der Waals surface area contributed by atoms with E-state index in [1.165, 1.54) is 6.20 Å². The third-order valence-corrected chi connectivity index (χ3v) is 2.23. The fraction of sp³-hybridized carbons (Fsp3) is 0. The van der Waals surface area contributed by atoms with E-state index in [1.807, 2.05) is 24.3 Å². The fourth-order valence-corrected chi connectivity index (χ4v) is 1.59. The maximum absolute atomic E-state index is 9.49. The minimum atomic E-state index is 0.494. The summed E-state index contributed by atoms with van der Waals surface area (Å²) < 4.78 is 0.988. The molecule has 0 unspecified atom stereocenters. The average Bonchev–Trinajstić information content (AvgIpc) is 2.59. The van der Waals surface area contributed by atoms with Gasteiger partial charge in [0.1, 0.15) is 5.69 Å². The minimum absolute atomic E-state index is 0.494. The van der Waals surface area contributed by atoms with Gasteiger partial charge in [0.15, 0.2) is 5.82 Å². The molecule has 68 valence electrons. The lowest BCUT2D eigenvalue weighted by Gasteiger charge is -2.00. The lowest BCUT2D eigenvalue weighted by molar-refractivity contribution is 0.186. The van der Waals surface area contributed by atoms with Gasteiger partial charge in [-0.1, -0.05) is 18.2 Å². The first kappa shape index (κ1) is 7.32. The summed E-state index contributed by atoms with van der Waals surface area (Å²) in [4.78, 5) is 8.45. The zero-order valence-electron chi connectivity index (χ0n) is 7.25. The second-order valence-electron chi connectivity index (χ2n) is 3.07. The minimum Gasteiger partial charge on any atom is -0.427 e. The van der Waals surface area contributed by atoms with E-state index in [4.69, 9.17) is 0 Å². The van der Waals surface area contributed by atoms with Crippen molar-refractivity contribution in [2.75, 3.05) is 0 Å². The zero-order valence-corrected chi connectivity index (χ0v) is 7.25. The molecule has 2 heterocycles. The molecular formula is C10H7N3O. The summed E-state index contributed by atoms with van der Waals surface area (Å²) in [6.45, 7) is 0. The molecule has 0 bridgehead atoms. The van der Waals surface area contributed by atoms with Crippen LogP contribution in [0.1, 0.15) is 0 Å². The Morgan fingerprint density at radius 2 is 2.07 bits per heavy atom. The summed E-state index contributed by atoms with van der Waals surface area (Å²) in [6.07, 6.45) is 3.02. The van der Waals surface area contributed by atoms with Gasteiger partial charge in [0.05, 0.1) is 11.7 Å². The molecule has 4 nitrogen and oxygen atoms in total. The second-order valence-corrected chi connectivity index (χ2v) is 3.07. The number of aromatic nitrogens is 3. The Bertz CT molecular complexity index is 573. The van der Waals surface area contributed by atoms with Crippen LogP contribution < -0.4 is 0 Å². The van der Waals surface area contributed by atoms with E-state index >= 15 is 0 Å². The average molecular weight is 185 g/mol. The quantitative estimate of drug-likeness (QED) is 0.543. The highest BCUT2D eigenvalue weighted by Crippen LogP contribution is 2.27. The topological polar surface area (TPSA) is 50.9 Å². The van der Waals surface area contributed by atoms with E-state index in [2.05, 4.69) is 9.97 Å². The first-order valence-corrected chi connectivity index (χ1v) is 4.27. The van der Waals surface area contributed by atoms with Crippen molar-refractivity contribution in [2.24, 2.45) is 0 Å². The van der Waals surface area contributed by atoms with Crippen LogP contribution in [0.4, 0.5) is 0 Å². The van der Waals surface area contributed by atoms with Gasteiger partial charge in [0.2, 0.25) is 0 Å². The van der Waals surface area contributed by atoms with Gasteiger partial charge in [-0.3, -0.25) is 4.98 Å². The van der Waals surface area contributed by atoms with E-state index in [0.29, 0.717) is 5.82 Å². The highest BCUT2D eigenvalue weighted by Gasteiger charge is 2.14. The first-order valence-electron chi connectivity index (χ1n) is 4.27. The molecule has 1 aromatic carbocycles. The van der Waals surface area contributed by atoms with Gasteiger partial charge in [-0.25, -0.2) is 4.98 Å². The normalized spacial score (nSPS) is 11.1. The van der Waals surface area contributed by atoms with Crippen molar-refractivity contribution >= 4 is 10.9 Å². The maximum atomic E-state index is 9.49. The second kappa shape index (κ2) is 2.45. The van der Waals surface area contributed by atoms with Crippen molar-refractivity contribution in [3.8, 4) is 11.5 Å². The van der Waals surface area contributed by atoms with Crippen molar-refractivity contribution in [3.63, 3.8) is 0 Å². The van der Waals surface area contributed by atoms with Gasteiger partial charge in [0, 0.05) is 11.6 Å². The van der Waals surface area contributed by atoms with Crippen LogP contribution in [0.25, 0.3) is 22.4 Å². The number of para-hydroxylation sites is 1. The van der Waals surface area contributed by atoms with Gasteiger partial charge in [-0.2, -0.15) is 4.73 Å². The van der Waals surface area contributed by atoms with E-state index < -0.39 is 0 Å². The van der Waals surface area contributed by atoms with Gasteiger partial charge in [-0.05, 0) is 6.07 Å². The molecule has 2 aliphatic rings. The Balaban J connectivity index is 2.55. The van der Waals surface area contributed by atoms with Crippen LogP contribution in [-0.2, 0) is 0 Å². The summed E-state index contributed by atoms with van der Waals surface area (Å²) >= 11 is 0. The van der Waals surface area contributed by atoms with Gasteiger partial charge < -0.3 is 5.21 Å². The van der Waals surface area contributed by atoms with Crippen LogP contribution >= 0.6 is 0 Å². The number of nitrogens with zero attached hydrogens (tertiary/aromatic N) is 3. The van der Waals surface area contributed by atoms with Crippen LogP contribution in [0.3, 0.4) is 0 Å². The lowest BCUT2D eigenvalue weighted by Crippen LogP contribution is -1.98. The molecule has 2 aliphatic heterocycles. The Labute approximate surface area is 79.8 Å². The molecule has 1 N–H and O–H groups in total. The fourth-order valence-electron chi connectivity index (χ4n) is 1.59. The van der Waals surface area contributed by atoms with E-state index in [-0.39, 0.29) is 0 Å². The number of fused-ring (bicyclic) bond motifs is 3. The van der Waals surface area contributed by atoms with Crippen LogP contribution in [0.5, 0.6) is 0 Å². The number of rotatable bonds is 0. The van der Waals surface area contributed by atoms with Crippen molar-refractivity contribution in [2.45, 2.75) is 0 Å². The monoisotopic (exact) mass is 185 g/mol. The third kappa shape index (κ3) is 0.821. The van der Waals surface area contributed by atoms with Crippen LogP contribution in [0.15, 0.2) is 36.7 Å². The van der Waals surface area contributed by atoms with Crippen LogP contribution in [0.2, 0.25) is 0 Å². The molecule has 3 rings (SSSR count). The van der Waals surface area contributed by atoms with Crippen LogP contribution in [0, 0.1) is 0 Å². The van der Waals surface area contributed by atoms with Crippen molar-refractivity contribution in [1.82, 2.24) is 14.7 Å². The molecule has 1 aromatic rings. The smallest absolute Gasteiger partial charge is 0.195 e. The lowest BCUT2D eigenvalue weighted by atomic mass is 10.2. The largest absolute Gasteiger partial charge is 0.427 e. The molecule has 4 heteroatoms. The van der Waals surface area contributed by atoms with E-state index in [9.17, 15) is 5.21 Å². The first-order chi connectivity index (χ1) is 6.86. The molecule has 0 spiro atoms. The summed E-state index contributed by atoms with van der Waals surface area (Å²) in [7, 11) is 0. The van der Waals surface area contributed by atoms with Crippen molar-refractivity contribution in [1.29, 1.82) is 0 Å². The third-order valence-electron chi connectivity index (χ3n) is 2.23. The van der Waals surface area contributed by atoms with Crippen LogP contribution in [-0.4, -0.2) is 19.9 Å². The molecule has 0 radical (unpaired) electrons. The molecular weight excluding hydrogens is 178 g/mol. The summed E-state index contributed by atoms with van der Waals surface area (Å²) in [5.74, 6) is 0.494. The molecule has 0 fully saturated rings. The van der Waals surface area contributed by atoms with Gasteiger partial charge >= 0.3 is 0 Å². The summed E-state index contributed by atoms with van der Waals surface area (Å²) in [6, 6.07) is 7.68. The molecule has 0 aliphatic carbocycles. The zero-order chi connectivity index (χ0) is 9.54. The molecule has 0 atom stereocenters. The maximum Gasteiger partial charge on any atom is 0.195 e. The predicted octanol–water partition coefficient (Wildman–Crippen LogP) is 1.77. The highest BCUT2D eigenvalue weighted by molar-refractivity contribution is 5.94. The SMILES string of the molecule is On1ccnc2c3ccccc3nc1-2. The Kier molecular flexibility index (Phi) is 1.28. The van der Waals surface area contributed by atoms with Crippen molar-refractivity contribution in [3.05, 3.63) is 36.7 Å². The summed E-state index contributed by atoms with van der Waals surface area (Å²) in [5, 5.41) is 10.5. The molecule has 14 heavy (non-hydrogen) atoms. The number of hydrogen-bond donors (Lipinski definition) is 1. The Hall–Kier alpha value is -2.10. The van der Waals surface area contributed by atoms with Crippen molar-refractivity contribution < 1.29 is 5.21 Å². The molecule has 0 aromatic heterocycles. The summed E-state index contributed by atoms with van der Waals surface area (Å²) in [5.41, 5.74) is 1.58. The standard InChI is InChI=1S/C10H7N3O/c14-13-6-5-11-9-7-3-1-2-4-8(7)12-10(9)13/h1-6,14H. The molecule has 0 saturated heterocycles. The predicted molar refractivity (Wildman–Crippen MR) is 51.3 cm³/mol. The van der Waals surface area contributed by atoms with E-state index in [0.717, 1.165) is 21.3 Å². The Morgan fingerprint density at radius 1 is 1.21 bits per heavy atom. The number of hydrogen-bond acceptors (Lipinski definition) is 3. The molecule has 0 saturated carbocycles. The van der Waals surface area contributed by atoms with Gasteiger partial charge in [0.25, 0.3) is 0 Å². The molecule has 0 amide bonds. The van der Waals surface area contributed by atoms with E-state index in [1.54, 1.807) is 6.20 Å². The Morgan fingerprint density at radius 3 is 3.00 bits per heavy atom. The van der Waals surface area contributed by atoms with Gasteiger partial charge in [-0.15, -0.1) is 0 Å². The number of benzene rings is 1. The highest BCUT2D eigenvalue weighted by atomic mass is 16.5.